The molecule has 1 fully saturated rings. The van der Waals surface area contributed by atoms with Gasteiger partial charge in [0.2, 0.25) is 0 Å². The van der Waals surface area contributed by atoms with Crippen LogP contribution in [0.15, 0.2) is 0 Å². The number of aromatic nitrogens is 1. The molecular weight excluding hydrogens is 280 g/mol. The first-order chi connectivity index (χ1) is 10.2. The Morgan fingerprint density at radius 2 is 2.19 bits per heavy atom. The fraction of sp³-hybridized carbons (Fsp3) is 0.765. The van der Waals surface area contributed by atoms with Gasteiger partial charge in [-0.3, -0.25) is 4.79 Å². The minimum atomic E-state index is 0.370. The van der Waals surface area contributed by atoms with E-state index in [1.165, 1.54) is 32.1 Å². The van der Waals surface area contributed by atoms with E-state index < -0.39 is 0 Å². The summed E-state index contributed by atoms with van der Waals surface area (Å²) in [5.74, 6) is 1.24. The molecule has 0 spiro atoms. The van der Waals surface area contributed by atoms with Crippen molar-refractivity contribution < 1.29 is 4.79 Å². The van der Waals surface area contributed by atoms with Crippen molar-refractivity contribution in [3.05, 3.63) is 10.6 Å². The van der Waals surface area contributed by atoms with Crippen LogP contribution in [0.2, 0.25) is 0 Å². The quantitative estimate of drug-likeness (QED) is 0.702. The highest BCUT2D eigenvalue weighted by Crippen LogP contribution is 2.33. The van der Waals surface area contributed by atoms with Gasteiger partial charge in [-0.15, -0.1) is 0 Å². The number of hydrogen-bond donors (Lipinski definition) is 0. The topological polar surface area (TPSA) is 33.2 Å². The average Bonchev–Trinajstić information content (AvgIpc) is 2.80. The minimum absolute atomic E-state index is 0.370. The van der Waals surface area contributed by atoms with Crippen LogP contribution in [0.4, 0.5) is 5.13 Å². The van der Waals surface area contributed by atoms with Crippen LogP contribution in [0.5, 0.6) is 0 Å². The second kappa shape index (κ2) is 7.92. The monoisotopic (exact) mass is 308 g/mol. The van der Waals surface area contributed by atoms with Crippen molar-refractivity contribution in [3.63, 3.8) is 0 Å². The third-order valence-corrected chi connectivity index (χ3v) is 5.73. The molecule has 1 saturated heterocycles. The second-order valence-corrected chi connectivity index (χ2v) is 7.25. The van der Waals surface area contributed by atoms with Gasteiger partial charge in [-0.1, -0.05) is 44.9 Å². The Labute approximate surface area is 132 Å². The molecule has 1 aliphatic rings. The maximum atomic E-state index is 11.3. The number of carbonyl (C=O) groups is 1. The fourth-order valence-corrected chi connectivity index (χ4v) is 4.20. The first-order valence-electron chi connectivity index (χ1n) is 8.40. The van der Waals surface area contributed by atoms with Crippen molar-refractivity contribution in [3.8, 4) is 0 Å². The molecule has 0 saturated carbocycles. The number of rotatable bonds is 6. The maximum Gasteiger partial charge on any atom is 0.186 e. The standard InChI is InChI=1S/C17H28N2OS/c1-4-7-14-8-6-10-19(11-9-14)17-18-16(13(3)5-2)15(12-20)21-17/h12-14H,4-11H2,1-3H3. The smallest absolute Gasteiger partial charge is 0.186 e. The van der Waals surface area contributed by atoms with E-state index in [1.54, 1.807) is 11.3 Å². The van der Waals surface area contributed by atoms with Crippen molar-refractivity contribution in [2.75, 3.05) is 18.0 Å². The van der Waals surface area contributed by atoms with E-state index in [1.807, 2.05) is 0 Å². The van der Waals surface area contributed by atoms with E-state index >= 15 is 0 Å². The molecule has 0 aliphatic carbocycles. The van der Waals surface area contributed by atoms with E-state index in [9.17, 15) is 4.79 Å². The molecule has 4 heteroatoms. The molecule has 0 amide bonds. The highest BCUT2D eigenvalue weighted by atomic mass is 32.1. The van der Waals surface area contributed by atoms with Gasteiger partial charge < -0.3 is 4.90 Å². The maximum absolute atomic E-state index is 11.3. The molecule has 3 nitrogen and oxygen atoms in total. The van der Waals surface area contributed by atoms with Crippen molar-refractivity contribution in [1.82, 2.24) is 4.98 Å². The molecule has 1 aromatic heterocycles. The fourth-order valence-electron chi connectivity index (χ4n) is 3.15. The molecule has 118 valence electrons. The van der Waals surface area contributed by atoms with Crippen LogP contribution in [0.1, 0.15) is 80.6 Å². The van der Waals surface area contributed by atoms with Gasteiger partial charge in [0.05, 0.1) is 10.6 Å². The molecule has 21 heavy (non-hydrogen) atoms. The van der Waals surface area contributed by atoms with E-state index in [0.717, 1.165) is 47.4 Å². The SMILES string of the molecule is CCCC1CCCN(c2nc(C(C)CC)c(C=O)s2)CC1. The van der Waals surface area contributed by atoms with Crippen LogP contribution >= 0.6 is 11.3 Å². The van der Waals surface area contributed by atoms with Crippen molar-refractivity contribution >= 4 is 22.8 Å². The molecule has 2 unspecified atom stereocenters. The molecule has 2 heterocycles. The molecule has 0 N–H and O–H groups in total. The lowest BCUT2D eigenvalue weighted by molar-refractivity contribution is 0.112. The number of hydrogen-bond acceptors (Lipinski definition) is 4. The Kier molecular flexibility index (Phi) is 6.22. The molecular formula is C17H28N2OS. The summed E-state index contributed by atoms with van der Waals surface area (Å²) in [4.78, 5) is 19.3. The molecule has 1 aromatic rings. The number of thiazole rings is 1. The Balaban J connectivity index is 2.11. The van der Waals surface area contributed by atoms with Gasteiger partial charge in [0.15, 0.2) is 11.4 Å². The average molecular weight is 308 g/mol. The second-order valence-electron chi connectivity index (χ2n) is 6.25. The summed E-state index contributed by atoms with van der Waals surface area (Å²) in [5.41, 5.74) is 1.00. The van der Waals surface area contributed by atoms with Crippen LogP contribution in [-0.4, -0.2) is 24.4 Å². The van der Waals surface area contributed by atoms with E-state index in [-0.39, 0.29) is 0 Å². The van der Waals surface area contributed by atoms with Gasteiger partial charge in [-0.05, 0) is 37.5 Å². The zero-order chi connectivity index (χ0) is 15.2. The minimum Gasteiger partial charge on any atom is -0.348 e. The van der Waals surface area contributed by atoms with E-state index in [2.05, 4.69) is 25.7 Å². The van der Waals surface area contributed by atoms with Gasteiger partial charge >= 0.3 is 0 Å². The summed E-state index contributed by atoms with van der Waals surface area (Å²) in [6.45, 7) is 8.77. The van der Waals surface area contributed by atoms with Gasteiger partial charge in [0, 0.05) is 13.1 Å². The largest absolute Gasteiger partial charge is 0.348 e. The summed E-state index contributed by atoms with van der Waals surface area (Å²) in [6.07, 6.45) is 8.51. The predicted molar refractivity (Wildman–Crippen MR) is 90.7 cm³/mol. The van der Waals surface area contributed by atoms with Crippen LogP contribution in [-0.2, 0) is 0 Å². The third kappa shape index (κ3) is 4.06. The van der Waals surface area contributed by atoms with Gasteiger partial charge in [0.1, 0.15) is 0 Å². The lowest BCUT2D eigenvalue weighted by Gasteiger charge is -2.19. The first-order valence-corrected chi connectivity index (χ1v) is 9.22. The Hall–Kier alpha value is -0.900. The Bertz CT molecular complexity index is 458. The van der Waals surface area contributed by atoms with Crippen LogP contribution < -0.4 is 4.90 Å². The molecule has 2 rings (SSSR count). The number of anilines is 1. The van der Waals surface area contributed by atoms with Gasteiger partial charge in [-0.25, -0.2) is 4.98 Å². The lowest BCUT2D eigenvalue weighted by atomic mass is 9.96. The van der Waals surface area contributed by atoms with E-state index in [0.29, 0.717) is 5.92 Å². The Morgan fingerprint density at radius 3 is 2.86 bits per heavy atom. The molecule has 2 atom stereocenters. The van der Waals surface area contributed by atoms with Crippen molar-refractivity contribution in [2.45, 2.75) is 65.2 Å². The normalized spacial score (nSPS) is 21.1. The van der Waals surface area contributed by atoms with Crippen molar-refractivity contribution in [2.24, 2.45) is 5.92 Å². The molecule has 0 radical (unpaired) electrons. The zero-order valence-electron chi connectivity index (χ0n) is 13.6. The number of aldehydes is 1. The summed E-state index contributed by atoms with van der Waals surface area (Å²) in [5, 5.41) is 1.06. The molecule has 1 aliphatic heterocycles. The van der Waals surface area contributed by atoms with E-state index in [4.69, 9.17) is 4.98 Å². The van der Waals surface area contributed by atoms with Crippen molar-refractivity contribution in [1.29, 1.82) is 0 Å². The summed E-state index contributed by atoms with van der Waals surface area (Å²) in [6, 6.07) is 0. The molecule has 0 aromatic carbocycles. The van der Waals surface area contributed by atoms with Crippen LogP contribution in [0, 0.1) is 5.92 Å². The first kappa shape index (κ1) is 16.5. The number of carbonyl (C=O) groups excluding carboxylic acids is 1. The summed E-state index contributed by atoms with van der Waals surface area (Å²) in [7, 11) is 0. The van der Waals surface area contributed by atoms with Crippen LogP contribution in [0.3, 0.4) is 0 Å². The van der Waals surface area contributed by atoms with Gasteiger partial charge in [-0.2, -0.15) is 0 Å². The Morgan fingerprint density at radius 1 is 1.38 bits per heavy atom. The predicted octanol–water partition coefficient (Wildman–Crippen LogP) is 4.88. The lowest BCUT2D eigenvalue weighted by Crippen LogP contribution is -2.24. The van der Waals surface area contributed by atoms with Crippen LogP contribution in [0.25, 0.3) is 0 Å². The summed E-state index contributed by atoms with van der Waals surface area (Å²) < 4.78 is 0. The number of nitrogens with zero attached hydrogens (tertiary/aromatic N) is 2. The third-order valence-electron chi connectivity index (χ3n) is 4.67. The van der Waals surface area contributed by atoms with Gasteiger partial charge in [0.25, 0.3) is 0 Å². The summed E-state index contributed by atoms with van der Waals surface area (Å²) >= 11 is 1.58. The highest BCUT2D eigenvalue weighted by molar-refractivity contribution is 7.17. The molecule has 0 bridgehead atoms. The zero-order valence-corrected chi connectivity index (χ0v) is 14.4. The highest BCUT2D eigenvalue weighted by Gasteiger charge is 2.22.